The van der Waals surface area contributed by atoms with Crippen LogP contribution in [0.5, 0.6) is 0 Å². The maximum Gasteiger partial charge on any atom is 0.171 e. The molecule has 24 heavy (non-hydrogen) atoms. The third-order valence-electron chi connectivity index (χ3n) is 4.38. The standard InChI is InChI=1S/C17H15N7/c1-12-15-8-24-17(20-16(21-24)9-22-7-6-18-10-22)13-4-2-3-5-14(13)23(15)11-19-12/h2-7,10-11H,8-9H2,1H3. The topological polar surface area (TPSA) is 66.3 Å². The molecule has 0 saturated heterocycles. The molecule has 4 aromatic rings. The van der Waals surface area contributed by atoms with Crippen molar-refractivity contribution in [2.45, 2.75) is 20.0 Å². The van der Waals surface area contributed by atoms with E-state index in [9.17, 15) is 0 Å². The minimum Gasteiger partial charge on any atom is -0.330 e. The van der Waals surface area contributed by atoms with E-state index >= 15 is 0 Å². The lowest BCUT2D eigenvalue weighted by molar-refractivity contribution is 0.647. The lowest BCUT2D eigenvalue weighted by Crippen LogP contribution is -2.07. The van der Waals surface area contributed by atoms with Crippen LogP contribution in [0.2, 0.25) is 0 Å². The summed E-state index contributed by atoms with van der Waals surface area (Å²) in [4.78, 5) is 13.3. The maximum atomic E-state index is 4.79. The molecule has 0 aliphatic carbocycles. The highest BCUT2D eigenvalue weighted by atomic mass is 15.4. The molecule has 0 radical (unpaired) electrons. The van der Waals surface area contributed by atoms with Crippen molar-refractivity contribution in [2.75, 3.05) is 0 Å². The molecule has 7 nitrogen and oxygen atoms in total. The molecule has 0 N–H and O–H groups in total. The van der Waals surface area contributed by atoms with Crippen LogP contribution in [0.3, 0.4) is 0 Å². The Labute approximate surface area is 138 Å². The Morgan fingerprint density at radius 3 is 2.96 bits per heavy atom. The molecule has 0 spiro atoms. The van der Waals surface area contributed by atoms with Gasteiger partial charge >= 0.3 is 0 Å². The zero-order chi connectivity index (χ0) is 16.1. The molecule has 4 heterocycles. The largest absolute Gasteiger partial charge is 0.330 e. The first-order chi connectivity index (χ1) is 11.8. The fourth-order valence-corrected chi connectivity index (χ4v) is 3.18. The molecule has 5 rings (SSSR count). The summed E-state index contributed by atoms with van der Waals surface area (Å²) in [5.41, 5.74) is 4.32. The van der Waals surface area contributed by atoms with E-state index in [1.807, 2.05) is 40.8 Å². The average Bonchev–Trinajstić information content (AvgIpc) is 3.30. The average molecular weight is 317 g/mol. The SMILES string of the molecule is Cc1ncn2c1Cn1nc(Cn3ccnc3)nc1-c1ccccc1-2. The highest BCUT2D eigenvalue weighted by Crippen LogP contribution is 2.31. The van der Waals surface area contributed by atoms with Gasteiger partial charge in [-0.3, -0.25) is 0 Å². The van der Waals surface area contributed by atoms with Crippen LogP contribution in [-0.2, 0) is 13.1 Å². The zero-order valence-corrected chi connectivity index (χ0v) is 13.2. The number of benzene rings is 1. The second kappa shape index (κ2) is 4.89. The minimum absolute atomic E-state index is 0.612. The Morgan fingerprint density at radius 1 is 1.17 bits per heavy atom. The van der Waals surface area contributed by atoms with Crippen LogP contribution in [0.15, 0.2) is 49.3 Å². The van der Waals surface area contributed by atoms with E-state index in [-0.39, 0.29) is 0 Å². The molecule has 3 aromatic heterocycles. The predicted molar refractivity (Wildman–Crippen MR) is 87.7 cm³/mol. The number of aryl methyl sites for hydroxylation is 1. The van der Waals surface area contributed by atoms with E-state index < -0.39 is 0 Å². The zero-order valence-electron chi connectivity index (χ0n) is 13.2. The highest BCUT2D eigenvalue weighted by Gasteiger charge is 2.23. The Morgan fingerprint density at radius 2 is 2.08 bits per heavy atom. The van der Waals surface area contributed by atoms with Gasteiger partial charge in [0.2, 0.25) is 0 Å². The molecule has 118 valence electrons. The molecule has 0 unspecified atom stereocenters. The molecule has 1 aliphatic heterocycles. The van der Waals surface area contributed by atoms with Gasteiger partial charge in [-0.15, -0.1) is 0 Å². The maximum absolute atomic E-state index is 4.79. The van der Waals surface area contributed by atoms with Crippen molar-refractivity contribution >= 4 is 0 Å². The lowest BCUT2D eigenvalue weighted by atomic mass is 10.1. The van der Waals surface area contributed by atoms with Gasteiger partial charge in [0, 0.05) is 18.0 Å². The van der Waals surface area contributed by atoms with Crippen molar-refractivity contribution in [3.63, 3.8) is 0 Å². The second-order valence-corrected chi connectivity index (χ2v) is 5.91. The molecule has 0 fully saturated rings. The summed E-state index contributed by atoms with van der Waals surface area (Å²) >= 11 is 0. The molecular formula is C17H15N7. The molecular weight excluding hydrogens is 302 g/mol. The van der Waals surface area contributed by atoms with E-state index in [0.29, 0.717) is 13.1 Å². The van der Waals surface area contributed by atoms with Crippen molar-refractivity contribution in [3.05, 3.63) is 66.5 Å². The summed E-state index contributed by atoms with van der Waals surface area (Å²) in [5, 5.41) is 4.72. The number of para-hydroxylation sites is 1. The highest BCUT2D eigenvalue weighted by molar-refractivity contribution is 5.69. The van der Waals surface area contributed by atoms with Gasteiger partial charge in [-0.05, 0) is 19.1 Å². The Kier molecular flexibility index (Phi) is 2.70. The van der Waals surface area contributed by atoms with Gasteiger partial charge in [-0.25, -0.2) is 19.6 Å². The van der Waals surface area contributed by atoms with Gasteiger partial charge in [-0.2, -0.15) is 5.10 Å². The Balaban J connectivity index is 1.69. The van der Waals surface area contributed by atoms with Gasteiger partial charge in [0.15, 0.2) is 11.6 Å². The van der Waals surface area contributed by atoms with Crippen molar-refractivity contribution in [3.8, 4) is 17.1 Å². The summed E-state index contributed by atoms with van der Waals surface area (Å²) < 4.78 is 6.08. The number of hydrogen-bond donors (Lipinski definition) is 0. The summed E-state index contributed by atoms with van der Waals surface area (Å²) in [6.07, 6.45) is 7.33. The molecule has 1 aliphatic rings. The van der Waals surface area contributed by atoms with Crippen molar-refractivity contribution in [1.29, 1.82) is 0 Å². The first-order valence-electron chi connectivity index (χ1n) is 7.81. The molecule has 1 aromatic carbocycles. The summed E-state index contributed by atoms with van der Waals surface area (Å²) in [6, 6.07) is 8.25. The van der Waals surface area contributed by atoms with Crippen LogP contribution in [0.25, 0.3) is 17.1 Å². The molecule has 0 bridgehead atoms. The van der Waals surface area contributed by atoms with Gasteiger partial charge < -0.3 is 9.13 Å². The summed E-state index contributed by atoms with van der Waals surface area (Å²) in [6.45, 7) is 3.30. The van der Waals surface area contributed by atoms with Gasteiger partial charge in [-0.1, -0.05) is 12.1 Å². The number of nitrogens with zero attached hydrogens (tertiary/aromatic N) is 7. The van der Waals surface area contributed by atoms with Crippen molar-refractivity contribution in [2.24, 2.45) is 0 Å². The summed E-state index contributed by atoms with van der Waals surface area (Å²) in [5.74, 6) is 1.67. The van der Waals surface area contributed by atoms with Crippen LogP contribution in [0.1, 0.15) is 17.2 Å². The number of hydrogen-bond acceptors (Lipinski definition) is 4. The number of fused-ring (bicyclic) bond motifs is 5. The normalized spacial score (nSPS) is 12.4. The van der Waals surface area contributed by atoms with E-state index in [1.54, 1.807) is 12.5 Å². The molecule has 0 amide bonds. The van der Waals surface area contributed by atoms with Crippen molar-refractivity contribution in [1.82, 2.24) is 33.9 Å². The predicted octanol–water partition coefficient (Wildman–Crippen LogP) is 2.05. The summed E-state index contributed by atoms with van der Waals surface area (Å²) in [7, 11) is 0. The number of rotatable bonds is 2. The molecule has 7 heteroatoms. The lowest BCUT2D eigenvalue weighted by Gasteiger charge is -2.07. The Bertz CT molecular complexity index is 1020. The minimum atomic E-state index is 0.612. The number of aromatic nitrogens is 7. The van der Waals surface area contributed by atoms with E-state index in [4.69, 9.17) is 10.1 Å². The van der Waals surface area contributed by atoms with Crippen LogP contribution in [-0.4, -0.2) is 33.9 Å². The smallest absolute Gasteiger partial charge is 0.171 e. The first kappa shape index (κ1) is 13.2. The third-order valence-corrected chi connectivity index (χ3v) is 4.38. The van der Waals surface area contributed by atoms with E-state index in [2.05, 4.69) is 26.7 Å². The van der Waals surface area contributed by atoms with Gasteiger partial charge in [0.25, 0.3) is 0 Å². The van der Waals surface area contributed by atoms with Crippen LogP contribution < -0.4 is 0 Å². The Hall–Kier alpha value is -3.22. The second-order valence-electron chi connectivity index (χ2n) is 5.91. The fraction of sp³-hybridized carbons (Fsp3) is 0.176. The van der Waals surface area contributed by atoms with Crippen LogP contribution in [0, 0.1) is 6.92 Å². The van der Waals surface area contributed by atoms with Gasteiger partial charge in [0.05, 0.1) is 42.8 Å². The van der Waals surface area contributed by atoms with E-state index in [1.165, 1.54) is 0 Å². The third kappa shape index (κ3) is 1.91. The molecule has 0 saturated carbocycles. The van der Waals surface area contributed by atoms with Crippen LogP contribution in [0.4, 0.5) is 0 Å². The molecule has 0 atom stereocenters. The first-order valence-corrected chi connectivity index (χ1v) is 7.81. The monoisotopic (exact) mass is 317 g/mol. The van der Waals surface area contributed by atoms with E-state index in [0.717, 1.165) is 34.3 Å². The van der Waals surface area contributed by atoms with Crippen LogP contribution >= 0.6 is 0 Å². The van der Waals surface area contributed by atoms with Gasteiger partial charge in [0.1, 0.15) is 0 Å². The quantitative estimate of drug-likeness (QED) is 0.500. The number of imidazole rings is 2. The fourth-order valence-electron chi connectivity index (χ4n) is 3.18. The van der Waals surface area contributed by atoms with Crippen molar-refractivity contribution < 1.29 is 0 Å².